The number of benzene rings is 2. The Balaban J connectivity index is 1.66. The van der Waals surface area contributed by atoms with E-state index in [-0.39, 0.29) is 24.2 Å². The van der Waals surface area contributed by atoms with Crippen molar-refractivity contribution in [3.63, 3.8) is 0 Å². The number of hydrogen-bond donors (Lipinski definition) is 1. The number of nitrogens with one attached hydrogen (secondary N) is 1. The molecule has 4 nitrogen and oxygen atoms in total. The molecule has 0 radical (unpaired) electrons. The smallest absolute Gasteiger partial charge is 0.234 e. The van der Waals surface area contributed by atoms with Crippen LogP contribution in [0.5, 0.6) is 0 Å². The molecule has 2 aromatic rings. The second-order valence-electron chi connectivity index (χ2n) is 7.17. The molecule has 0 saturated carbocycles. The van der Waals surface area contributed by atoms with Crippen LogP contribution in [0.15, 0.2) is 60.7 Å². The summed E-state index contributed by atoms with van der Waals surface area (Å²) in [5.41, 5.74) is 2.35. The van der Waals surface area contributed by atoms with E-state index in [1.165, 1.54) is 5.56 Å². The first-order valence-corrected chi connectivity index (χ1v) is 9.36. The van der Waals surface area contributed by atoms with Gasteiger partial charge >= 0.3 is 0 Å². The maximum atomic E-state index is 12.7. The van der Waals surface area contributed by atoms with Crippen LogP contribution in [0.25, 0.3) is 0 Å². The minimum atomic E-state index is -0.0259. The van der Waals surface area contributed by atoms with Crippen LogP contribution in [-0.4, -0.2) is 42.6 Å². The van der Waals surface area contributed by atoms with Crippen molar-refractivity contribution >= 4 is 5.91 Å². The van der Waals surface area contributed by atoms with E-state index >= 15 is 0 Å². The van der Waals surface area contributed by atoms with Gasteiger partial charge < -0.3 is 10.1 Å². The van der Waals surface area contributed by atoms with Crippen molar-refractivity contribution in [2.24, 2.45) is 0 Å². The van der Waals surface area contributed by atoms with Crippen LogP contribution in [0, 0.1) is 0 Å². The Labute approximate surface area is 156 Å². The molecule has 1 amide bonds. The number of nitrogens with zero attached hydrogens (tertiary/aromatic N) is 1. The molecule has 138 valence electrons. The average Bonchev–Trinajstić information content (AvgIpc) is 2.62. The van der Waals surface area contributed by atoms with Crippen molar-refractivity contribution in [1.82, 2.24) is 10.2 Å². The molecule has 0 aromatic heterocycles. The molecule has 3 rings (SSSR count). The third-order valence-corrected chi connectivity index (χ3v) is 4.68. The van der Waals surface area contributed by atoms with E-state index in [9.17, 15) is 4.79 Å². The SMILES string of the molecule is CC1CN(CC(=O)NC(Cc2ccccc2)c2ccccc2)CC(C)O1. The fourth-order valence-corrected chi connectivity index (χ4v) is 3.64. The Morgan fingerprint density at radius 3 is 2.23 bits per heavy atom. The maximum Gasteiger partial charge on any atom is 0.234 e. The molecule has 0 bridgehead atoms. The van der Waals surface area contributed by atoms with Gasteiger partial charge in [0.2, 0.25) is 5.91 Å². The average molecular weight is 352 g/mol. The first kappa shape index (κ1) is 18.6. The Hall–Kier alpha value is -2.17. The van der Waals surface area contributed by atoms with Gasteiger partial charge in [0, 0.05) is 13.1 Å². The quantitative estimate of drug-likeness (QED) is 0.868. The molecule has 4 heteroatoms. The van der Waals surface area contributed by atoms with Gasteiger partial charge in [0.15, 0.2) is 0 Å². The molecule has 2 aromatic carbocycles. The number of ether oxygens (including phenoxy) is 1. The molecule has 1 N–H and O–H groups in total. The fraction of sp³-hybridized carbons (Fsp3) is 0.409. The first-order chi connectivity index (χ1) is 12.6. The van der Waals surface area contributed by atoms with E-state index in [0.29, 0.717) is 6.54 Å². The molecule has 1 heterocycles. The Bertz CT molecular complexity index is 680. The zero-order chi connectivity index (χ0) is 18.4. The second kappa shape index (κ2) is 8.97. The van der Waals surface area contributed by atoms with E-state index in [1.807, 2.05) is 36.4 Å². The summed E-state index contributed by atoms with van der Waals surface area (Å²) < 4.78 is 5.75. The van der Waals surface area contributed by atoms with Crippen LogP contribution in [0.3, 0.4) is 0 Å². The topological polar surface area (TPSA) is 41.6 Å². The molecule has 26 heavy (non-hydrogen) atoms. The number of amides is 1. The van der Waals surface area contributed by atoms with Crippen molar-refractivity contribution in [3.8, 4) is 0 Å². The first-order valence-electron chi connectivity index (χ1n) is 9.36. The van der Waals surface area contributed by atoms with Crippen LogP contribution in [0.4, 0.5) is 0 Å². The van der Waals surface area contributed by atoms with Gasteiger partial charge in [-0.25, -0.2) is 0 Å². The summed E-state index contributed by atoms with van der Waals surface area (Å²) in [5, 5.41) is 3.24. The lowest BCUT2D eigenvalue weighted by Crippen LogP contribution is -2.49. The molecular formula is C22H28N2O2. The molecule has 1 fully saturated rings. The van der Waals surface area contributed by atoms with Crippen LogP contribution in [0.1, 0.15) is 31.0 Å². The van der Waals surface area contributed by atoms with E-state index in [2.05, 4.69) is 48.3 Å². The van der Waals surface area contributed by atoms with Gasteiger partial charge in [0.05, 0.1) is 24.8 Å². The third-order valence-electron chi connectivity index (χ3n) is 4.68. The summed E-state index contributed by atoms with van der Waals surface area (Å²) in [7, 11) is 0. The summed E-state index contributed by atoms with van der Waals surface area (Å²) in [6.07, 6.45) is 1.12. The Kier molecular flexibility index (Phi) is 6.42. The molecule has 0 spiro atoms. The molecule has 1 aliphatic heterocycles. The van der Waals surface area contributed by atoms with Gasteiger partial charge in [0.1, 0.15) is 0 Å². The minimum Gasteiger partial charge on any atom is -0.373 e. The lowest BCUT2D eigenvalue weighted by molar-refractivity contribution is -0.126. The van der Waals surface area contributed by atoms with Crippen molar-refractivity contribution in [2.45, 2.75) is 38.5 Å². The van der Waals surface area contributed by atoms with Crippen molar-refractivity contribution in [3.05, 3.63) is 71.8 Å². The normalized spacial score (nSPS) is 21.9. The predicted octanol–water partition coefficient (Wildman–Crippen LogP) is 3.20. The van der Waals surface area contributed by atoms with Gasteiger partial charge in [-0.3, -0.25) is 9.69 Å². The number of rotatable bonds is 6. The van der Waals surface area contributed by atoms with Crippen molar-refractivity contribution in [1.29, 1.82) is 0 Å². The second-order valence-corrected chi connectivity index (χ2v) is 7.17. The number of hydrogen-bond acceptors (Lipinski definition) is 3. The van der Waals surface area contributed by atoms with Crippen LogP contribution < -0.4 is 5.32 Å². The van der Waals surface area contributed by atoms with E-state index in [1.54, 1.807) is 0 Å². The summed E-state index contributed by atoms with van der Waals surface area (Å²) >= 11 is 0. The summed E-state index contributed by atoms with van der Waals surface area (Å²) in [6, 6.07) is 20.5. The lowest BCUT2D eigenvalue weighted by atomic mass is 9.99. The van der Waals surface area contributed by atoms with Gasteiger partial charge in [-0.1, -0.05) is 60.7 Å². The highest BCUT2D eigenvalue weighted by Crippen LogP contribution is 2.18. The summed E-state index contributed by atoms with van der Waals surface area (Å²) in [5.74, 6) is 0.0658. The summed E-state index contributed by atoms with van der Waals surface area (Å²) in [6.45, 7) is 6.13. The van der Waals surface area contributed by atoms with Gasteiger partial charge in [-0.2, -0.15) is 0 Å². The van der Waals surface area contributed by atoms with Crippen molar-refractivity contribution < 1.29 is 9.53 Å². The minimum absolute atomic E-state index is 0.0259. The Morgan fingerprint density at radius 1 is 1.04 bits per heavy atom. The van der Waals surface area contributed by atoms with E-state index < -0.39 is 0 Å². The lowest BCUT2D eigenvalue weighted by Gasteiger charge is -2.35. The molecular weight excluding hydrogens is 324 g/mol. The fourth-order valence-electron chi connectivity index (χ4n) is 3.64. The van der Waals surface area contributed by atoms with E-state index in [0.717, 1.165) is 25.1 Å². The number of carbonyl (C=O) groups excluding carboxylic acids is 1. The standard InChI is InChI=1S/C22H28N2O2/c1-17-14-24(15-18(2)26-17)16-22(25)23-21(20-11-7-4-8-12-20)13-19-9-5-3-6-10-19/h3-12,17-18,21H,13-16H2,1-2H3,(H,23,25). The van der Waals surface area contributed by atoms with Crippen LogP contribution >= 0.6 is 0 Å². The monoisotopic (exact) mass is 352 g/mol. The van der Waals surface area contributed by atoms with Crippen molar-refractivity contribution in [2.75, 3.05) is 19.6 Å². The highest BCUT2D eigenvalue weighted by Gasteiger charge is 2.24. The molecule has 0 aliphatic carbocycles. The molecule has 1 aliphatic rings. The van der Waals surface area contributed by atoms with Crippen LogP contribution in [0.2, 0.25) is 0 Å². The predicted molar refractivity (Wildman–Crippen MR) is 104 cm³/mol. The highest BCUT2D eigenvalue weighted by molar-refractivity contribution is 5.78. The van der Waals surface area contributed by atoms with Gasteiger partial charge in [-0.05, 0) is 31.4 Å². The third kappa shape index (κ3) is 5.41. The number of carbonyl (C=O) groups is 1. The van der Waals surface area contributed by atoms with E-state index in [4.69, 9.17) is 4.74 Å². The summed E-state index contributed by atoms with van der Waals surface area (Å²) in [4.78, 5) is 14.9. The maximum absolute atomic E-state index is 12.7. The zero-order valence-electron chi connectivity index (χ0n) is 15.6. The molecule has 1 saturated heterocycles. The highest BCUT2D eigenvalue weighted by atomic mass is 16.5. The zero-order valence-corrected chi connectivity index (χ0v) is 15.6. The van der Waals surface area contributed by atoms with Gasteiger partial charge in [0.25, 0.3) is 0 Å². The largest absolute Gasteiger partial charge is 0.373 e. The number of morpholine rings is 1. The van der Waals surface area contributed by atoms with Gasteiger partial charge in [-0.15, -0.1) is 0 Å². The molecule has 3 atom stereocenters. The van der Waals surface area contributed by atoms with Crippen LogP contribution in [-0.2, 0) is 16.0 Å². The molecule has 3 unspecified atom stereocenters. The Morgan fingerprint density at radius 2 is 1.62 bits per heavy atom.